The Kier molecular flexibility index (Phi) is 2080. The molecule has 8 heavy (non-hydrogen) atoms. The summed E-state index contributed by atoms with van der Waals surface area (Å²) in [5, 5.41) is 0. The number of hydrogen-bond acceptors (Lipinski definition) is 6. The van der Waals surface area contributed by atoms with Crippen molar-refractivity contribution in [3.8, 4) is 0 Å². The van der Waals surface area contributed by atoms with Crippen LogP contribution in [0, 0.1) is 83.0 Å². The maximum atomic E-state index is 0. The molecule has 0 aliphatic carbocycles. The predicted octanol–water partition coefficient (Wildman–Crippen LogP) is -1.06. The summed E-state index contributed by atoms with van der Waals surface area (Å²) in [6, 6.07) is 0. The Labute approximate surface area is 114 Å². The third-order valence-electron chi connectivity index (χ3n) is 0. The summed E-state index contributed by atoms with van der Waals surface area (Å²) in [5.74, 6) is 0. The van der Waals surface area contributed by atoms with Crippen LogP contribution < -0.4 is 0 Å². The fourth-order valence-corrected chi connectivity index (χ4v) is 0. The van der Waals surface area contributed by atoms with E-state index in [9.17, 15) is 0 Å². The van der Waals surface area contributed by atoms with Crippen molar-refractivity contribution < 1.29 is 116 Å². The van der Waals surface area contributed by atoms with E-state index < -0.39 is 0 Å². The van der Waals surface area contributed by atoms with Gasteiger partial charge in [0.15, 0.2) is 0 Å². The van der Waals surface area contributed by atoms with Crippen molar-refractivity contribution in [1.82, 2.24) is 0 Å². The maximum absolute atomic E-state index is 0. The molecule has 0 atom stereocenters. The number of rotatable bonds is 0. The summed E-state index contributed by atoms with van der Waals surface area (Å²) in [6.45, 7) is 0. The van der Waals surface area contributed by atoms with Crippen molar-refractivity contribution in [3.05, 3.63) is 0 Å². The molecular formula is H6CeO6Pr. The van der Waals surface area contributed by atoms with E-state index in [1.807, 2.05) is 0 Å². The summed E-state index contributed by atoms with van der Waals surface area (Å²) in [7, 11) is 0. The zero-order valence-electron chi connectivity index (χ0n) is 3.76. The molecule has 0 heterocycles. The fraction of sp³-hybridized carbons (Fsp3) is 0. The van der Waals surface area contributed by atoms with E-state index in [0.717, 1.165) is 0 Å². The van der Waals surface area contributed by atoms with Crippen LogP contribution in [0.4, 0.5) is 0 Å². The van der Waals surface area contributed by atoms with Gasteiger partial charge in [0.05, 0.1) is 0 Å². The van der Waals surface area contributed by atoms with Crippen LogP contribution in [0.2, 0.25) is 0 Å². The molecule has 0 unspecified atom stereocenters. The van der Waals surface area contributed by atoms with Crippen LogP contribution in [0.5, 0.6) is 0 Å². The van der Waals surface area contributed by atoms with Crippen LogP contribution in [-0.2, 0) is 0 Å². The molecule has 0 bridgehead atoms. The first kappa shape index (κ1) is 152. The van der Waals surface area contributed by atoms with Crippen LogP contribution in [0.25, 0.3) is 0 Å². The van der Waals surface area contributed by atoms with E-state index in [0.29, 0.717) is 0 Å². The van der Waals surface area contributed by atoms with Crippen molar-refractivity contribution in [2.24, 2.45) is 0 Å². The molecule has 0 aromatic rings. The Morgan fingerprint density at radius 2 is 0.375 bits per heavy atom. The molecule has 0 saturated carbocycles. The maximum Gasteiger partial charge on any atom is 3.00 e. The Balaban J connectivity index is 0. The molecular weight excluding hydrogens is 377 g/mol. The van der Waals surface area contributed by atoms with E-state index in [1.54, 1.807) is 0 Å². The molecule has 0 aliphatic rings. The molecule has 8 heteroatoms. The second-order valence-corrected chi connectivity index (χ2v) is 0. The summed E-state index contributed by atoms with van der Waals surface area (Å²) >= 11 is 0. The van der Waals surface area contributed by atoms with Gasteiger partial charge in [0.2, 0.25) is 0 Å². The smallest absolute Gasteiger partial charge is 0.870 e. The third kappa shape index (κ3) is 76.5. The minimum atomic E-state index is 0. The van der Waals surface area contributed by atoms with Gasteiger partial charge in [-0.25, -0.2) is 0 Å². The van der Waals surface area contributed by atoms with E-state index in [2.05, 4.69) is 0 Å². The first-order valence-electron chi connectivity index (χ1n) is 0. The molecule has 6 nitrogen and oxygen atoms in total. The molecule has 0 saturated heterocycles. The molecule has 6 N–H and O–H groups in total. The summed E-state index contributed by atoms with van der Waals surface area (Å²) < 4.78 is 0. The summed E-state index contributed by atoms with van der Waals surface area (Å²) in [6.07, 6.45) is 0. The topological polar surface area (TPSA) is 180 Å². The molecule has 0 aliphatic heterocycles. The SMILES string of the molecule is [Ce+3].[OH-].[OH-].[OH-].[OH-].[OH-].[OH-].[Pr+3]. The van der Waals surface area contributed by atoms with Crippen molar-refractivity contribution in [2.45, 2.75) is 0 Å². The zero-order valence-corrected chi connectivity index (χ0v) is 10.6. The molecule has 0 amide bonds. The van der Waals surface area contributed by atoms with Gasteiger partial charge < -0.3 is 32.9 Å². The molecule has 0 fully saturated rings. The van der Waals surface area contributed by atoms with Gasteiger partial charge in [0.25, 0.3) is 0 Å². The monoisotopic (exact) mass is 383 g/mol. The van der Waals surface area contributed by atoms with Gasteiger partial charge in [0.1, 0.15) is 0 Å². The normalized spacial score (nSPS) is 0. The molecule has 1 radical (unpaired) electrons. The van der Waals surface area contributed by atoms with Crippen LogP contribution >= 0.6 is 0 Å². The van der Waals surface area contributed by atoms with Gasteiger partial charge in [-0.05, 0) is 0 Å². The average Bonchev–Trinajstić information content (AvgIpc) is 0. The first-order chi connectivity index (χ1) is 0. The Morgan fingerprint density at radius 1 is 0.375 bits per heavy atom. The Morgan fingerprint density at radius 3 is 0.375 bits per heavy atom. The fourth-order valence-electron chi connectivity index (χ4n) is 0. The van der Waals surface area contributed by atoms with E-state index in [4.69, 9.17) is 0 Å². The second kappa shape index (κ2) is 110. The first-order valence-corrected chi connectivity index (χ1v) is 0. The van der Waals surface area contributed by atoms with Crippen molar-refractivity contribution >= 4 is 0 Å². The van der Waals surface area contributed by atoms with Gasteiger partial charge in [-0.15, -0.1) is 0 Å². The van der Waals surface area contributed by atoms with Crippen molar-refractivity contribution in [3.63, 3.8) is 0 Å². The number of hydrogen-bond donors (Lipinski definition) is 0. The van der Waals surface area contributed by atoms with Crippen LogP contribution in [-0.4, -0.2) is 32.9 Å². The van der Waals surface area contributed by atoms with Crippen molar-refractivity contribution in [1.29, 1.82) is 0 Å². The summed E-state index contributed by atoms with van der Waals surface area (Å²) in [5.41, 5.74) is 0. The van der Waals surface area contributed by atoms with Crippen molar-refractivity contribution in [2.75, 3.05) is 0 Å². The van der Waals surface area contributed by atoms with Gasteiger partial charge in [-0.1, -0.05) is 0 Å². The van der Waals surface area contributed by atoms with E-state index in [1.165, 1.54) is 0 Å². The molecule has 0 rings (SSSR count). The van der Waals surface area contributed by atoms with Crippen LogP contribution in [0.15, 0.2) is 0 Å². The molecule has 0 aromatic heterocycles. The van der Waals surface area contributed by atoms with Crippen LogP contribution in [0.1, 0.15) is 0 Å². The minimum absolute atomic E-state index is 0. The van der Waals surface area contributed by atoms with E-state index in [-0.39, 0.29) is 116 Å². The second-order valence-electron chi connectivity index (χ2n) is 0. The standard InChI is InChI=1S/Ce.6H2O.Pr/h;6*1H2;/q+3;;;;;;;+3/p-6. The third-order valence-corrected chi connectivity index (χ3v) is 0. The Bertz CT molecular complexity index is 8.49. The van der Waals surface area contributed by atoms with Gasteiger partial charge in [-0.2, -0.15) is 0 Å². The zero-order chi connectivity index (χ0) is 0. The van der Waals surface area contributed by atoms with Crippen LogP contribution in [0.3, 0.4) is 0 Å². The van der Waals surface area contributed by atoms with Gasteiger partial charge in [-0.3, -0.25) is 0 Å². The quantitative estimate of drug-likeness (QED) is 0.514. The minimum Gasteiger partial charge on any atom is -0.870 e. The largest absolute Gasteiger partial charge is 3.00 e. The average molecular weight is 383 g/mol. The molecule has 49 valence electrons. The predicted molar refractivity (Wildman–Crippen MR) is 11.6 cm³/mol. The molecule has 0 spiro atoms. The van der Waals surface area contributed by atoms with E-state index >= 15 is 0 Å². The molecule has 0 aromatic carbocycles. The van der Waals surface area contributed by atoms with Gasteiger partial charge >= 0.3 is 83.0 Å². The summed E-state index contributed by atoms with van der Waals surface area (Å²) in [4.78, 5) is 0. The Hall–Kier alpha value is 2.50. The van der Waals surface area contributed by atoms with Gasteiger partial charge in [0, 0.05) is 0 Å².